The molecule has 0 saturated carbocycles. The lowest BCUT2D eigenvalue weighted by molar-refractivity contribution is 0.318. The number of amidine groups is 1. The Bertz CT molecular complexity index is 598. The van der Waals surface area contributed by atoms with E-state index in [1.165, 1.54) is 18.0 Å². The molecule has 0 amide bonds. The first-order valence-corrected chi connectivity index (χ1v) is 5.97. The summed E-state index contributed by atoms with van der Waals surface area (Å²) in [5.74, 6) is -0.0674. The molecule has 0 bridgehead atoms. The van der Waals surface area contributed by atoms with Gasteiger partial charge in [-0.1, -0.05) is 16.8 Å². The second-order valence-corrected chi connectivity index (χ2v) is 4.62. The van der Waals surface area contributed by atoms with E-state index < -0.39 is 0 Å². The van der Waals surface area contributed by atoms with Crippen molar-refractivity contribution in [2.45, 2.75) is 10.2 Å². The van der Waals surface area contributed by atoms with Crippen molar-refractivity contribution in [3.8, 4) is 0 Å². The monoisotopic (exact) mass is 284 g/mol. The zero-order valence-corrected chi connectivity index (χ0v) is 10.9. The molecule has 0 fully saturated rings. The van der Waals surface area contributed by atoms with Crippen molar-refractivity contribution in [3.63, 3.8) is 0 Å². The smallest absolute Gasteiger partial charge is 0.197 e. The SMILES string of the molecule is Cn1cnnc1Sc1nccc(/C(N)=N/O)c1Cl. The summed E-state index contributed by atoms with van der Waals surface area (Å²) >= 11 is 7.38. The molecule has 0 spiro atoms. The average Bonchev–Trinajstić information content (AvgIpc) is 2.77. The first-order chi connectivity index (χ1) is 8.63. The van der Waals surface area contributed by atoms with Crippen molar-refractivity contribution in [1.29, 1.82) is 0 Å². The molecule has 0 unspecified atom stereocenters. The molecule has 18 heavy (non-hydrogen) atoms. The Morgan fingerprint density at radius 2 is 2.39 bits per heavy atom. The van der Waals surface area contributed by atoms with E-state index in [4.69, 9.17) is 22.5 Å². The lowest BCUT2D eigenvalue weighted by Gasteiger charge is -2.06. The number of aromatic nitrogens is 4. The maximum absolute atomic E-state index is 8.65. The van der Waals surface area contributed by atoms with Gasteiger partial charge in [-0.15, -0.1) is 10.2 Å². The maximum atomic E-state index is 8.65. The van der Waals surface area contributed by atoms with E-state index in [0.717, 1.165) is 0 Å². The quantitative estimate of drug-likeness (QED) is 0.379. The summed E-state index contributed by atoms with van der Waals surface area (Å²) in [7, 11) is 1.81. The third-order valence-electron chi connectivity index (χ3n) is 2.10. The highest BCUT2D eigenvalue weighted by Crippen LogP contribution is 2.31. The van der Waals surface area contributed by atoms with E-state index in [0.29, 0.717) is 20.8 Å². The number of nitrogens with zero attached hydrogens (tertiary/aromatic N) is 5. The van der Waals surface area contributed by atoms with Gasteiger partial charge < -0.3 is 15.5 Å². The molecule has 0 aliphatic rings. The summed E-state index contributed by atoms with van der Waals surface area (Å²) in [6.07, 6.45) is 3.10. The fraction of sp³-hybridized carbons (Fsp3) is 0.111. The van der Waals surface area contributed by atoms with Crippen LogP contribution in [0.15, 0.2) is 33.9 Å². The molecule has 9 heteroatoms. The summed E-state index contributed by atoms with van der Waals surface area (Å²) in [5.41, 5.74) is 5.93. The molecule has 94 valence electrons. The Labute approximate surface area is 112 Å². The predicted molar refractivity (Wildman–Crippen MR) is 66.9 cm³/mol. The molecular formula is C9H9ClN6OS. The normalized spacial score (nSPS) is 11.8. The lowest BCUT2D eigenvalue weighted by Crippen LogP contribution is -2.14. The first-order valence-electron chi connectivity index (χ1n) is 4.77. The molecule has 2 aromatic rings. The highest BCUT2D eigenvalue weighted by molar-refractivity contribution is 7.99. The van der Waals surface area contributed by atoms with Crippen molar-refractivity contribution in [2.75, 3.05) is 0 Å². The van der Waals surface area contributed by atoms with E-state index in [1.54, 1.807) is 17.0 Å². The second kappa shape index (κ2) is 5.23. The third-order valence-corrected chi connectivity index (χ3v) is 3.65. The Hall–Kier alpha value is -1.80. The van der Waals surface area contributed by atoms with Crippen LogP contribution in [-0.4, -0.2) is 30.8 Å². The van der Waals surface area contributed by atoms with Crippen LogP contribution in [0.1, 0.15) is 5.56 Å². The van der Waals surface area contributed by atoms with Crippen LogP contribution in [0.25, 0.3) is 0 Å². The molecule has 0 atom stereocenters. The number of oxime groups is 1. The van der Waals surface area contributed by atoms with Gasteiger partial charge in [0.2, 0.25) is 0 Å². The van der Waals surface area contributed by atoms with E-state index >= 15 is 0 Å². The molecule has 3 N–H and O–H groups in total. The maximum Gasteiger partial charge on any atom is 0.197 e. The minimum Gasteiger partial charge on any atom is -0.409 e. The number of hydrogen-bond acceptors (Lipinski definition) is 6. The van der Waals surface area contributed by atoms with Gasteiger partial charge in [0.15, 0.2) is 11.0 Å². The largest absolute Gasteiger partial charge is 0.409 e. The standard InChI is InChI=1S/C9H9ClN6OS/c1-16-4-13-14-9(16)18-8-6(10)5(2-3-12-8)7(11)15-17/h2-4,17H,1H3,(H2,11,15). The first kappa shape index (κ1) is 12.7. The van der Waals surface area contributed by atoms with Crippen molar-refractivity contribution in [1.82, 2.24) is 19.7 Å². The Balaban J connectivity index is 2.38. The van der Waals surface area contributed by atoms with Crippen LogP contribution in [0, 0.1) is 0 Å². The van der Waals surface area contributed by atoms with Crippen molar-refractivity contribution in [3.05, 3.63) is 29.2 Å². The van der Waals surface area contributed by atoms with E-state index in [9.17, 15) is 0 Å². The van der Waals surface area contributed by atoms with E-state index in [2.05, 4.69) is 20.3 Å². The van der Waals surface area contributed by atoms with Crippen LogP contribution < -0.4 is 5.73 Å². The van der Waals surface area contributed by atoms with Crippen LogP contribution in [-0.2, 0) is 7.05 Å². The van der Waals surface area contributed by atoms with Gasteiger partial charge in [-0.3, -0.25) is 0 Å². The van der Waals surface area contributed by atoms with Gasteiger partial charge in [0, 0.05) is 18.8 Å². The zero-order chi connectivity index (χ0) is 13.1. The number of aryl methyl sites for hydroxylation is 1. The minimum atomic E-state index is -0.0674. The molecular weight excluding hydrogens is 276 g/mol. The molecule has 0 aliphatic heterocycles. The molecule has 2 rings (SSSR count). The van der Waals surface area contributed by atoms with Gasteiger partial charge in [0.25, 0.3) is 0 Å². The second-order valence-electron chi connectivity index (χ2n) is 3.29. The molecule has 0 saturated heterocycles. The molecule has 2 aromatic heterocycles. The fourth-order valence-electron chi connectivity index (χ4n) is 1.20. The molecule has 7 nitrogen and oxygen atoms in total. The molecule has 0 radical (unpaired) electrons. The molecule has 0 aromatic carbocycles. The third kappa shape index (κ3) is 2.39. The number of halogens is 1. The summed E-state index contributed by atoms with van der Waals surface area (Å²) < 4.78 is 1.73. The summed E-state index contributed by atoms with van der Waals surface area (Å²) in [5, 5.41) is 20.7. The summed E-state index contributed by atoms with van der Waals surface area (Å²) in [6.45, 7) is 0. The van der Waals surface area contributed by atoms with Crippen molar-refractivity contribution >= 4 is 29.2 Å². The highest BCUT2D eigenvalue weighted by atomic mass is 35.5. The van der Waals surface area contributed by atoms with Crippen LogP contribution in [0.3, 0.4) is 0 Å². The van der Waals surface area contributed by atoms with Crippen molar-refractivity contribution in [2.24, 2.45) is 17.9 Å². The Morgan fingerprint density at radius 1 is 1.61 bits per heavy atom. The van der Waals surface area contributed by atoms with Gasteiger partial charge in [-0.2, -0.15) is 0 Å². The van der Waals surface area contributed by atoms with Gasteiger partial charge in [0.1, 0.15) is 11.4 Å². The van der Waals surface area contributed by atoms with Crippen LogP contribution in [0.5, 0.6) is 0 Å². The Kier molecular flexibility index (Phi) is 3.68. The number of hydrogen-bond donors (Lipinski definition) is 2. The zero-order valence-electron chi connectivity index (χ0n) is 9.28. The van der Waals surface area contributed by atoms with Gasteiger partial charge >= 0.3 is 0 Å². The van der Waals surface area contributed by atoms with Crippen LogP contribution >= 0.6 is 23.4 Å². The van der Waals surface area contributed by atoms with E-state index in [-0.39, 0.29) is 5.84 Å². The van der Waals surface area contributed by atoms with Gasteiger partial charge in [0.05, 0.1) is 5.02 Å². The Morgan fingerprint density at radius 3 is 3.00 bits per heavy atom. The van der Waals surface area contributed by atoms with Gasteiger partial charge in [-0.25, -0.2) is 4.98 Å². The fourth-order valence-corrected chi connectivity index (χ4v) is 2.29. The average molecular weight is 285 g/mol. The molecule has 0 aliphatic carbocycles. The highest BCUT2D eigenvalue weighted by Gasteiger charge is 2.14. The van der Waals surface area contributed by atoms with Crippen molar-refractivity contribution < 1.29 is 5.21 Å². The van der Waals surface area contributed by atoms with E-state index in [1.807, 2.05) is 7.05 Å². The molecule has 2 heterocycles. The topological polar surface area (TPSA) is 102 Å². The summed E-state index contributed by atoms with van der Waals surface area (Å²) in [6, 6.07) is 1.57. The number of pyridine rings is 1. The van der Waals surface area contributed by atoms with Crippen LogP contribution in [0.4, 0.5) is 0 Å². The van der Waals surface area contributed by atoms with Crippen LogP contribution in [0.2, 0.25) is 5.02 Å². The summed E-state index contributed by atoms with van der Waals surface area (Å²) in [4.78, 5) is 4.13. The predicted octanol–water partition coefficient (Wildman–Crippen LogP) is 1.11. The number of rotatable bonds is 3. The number of nitrogens with two attached hydrogens (primary N) is 1. The lowest BCUT2D eigenvalue weighted by atomic mass is 10.2. The van der Waals surface area contributed by atoms with Gasteiger partial charge in [-0.05, 0) is 17.8 Å². The minimum absolute atomic E-state index is 0.0674.